The van der Waals surface area contributed by atoms with Crippen molar-refractivity contribution < 1.29 is 14.4 Å². The van der Waals surface area contributed by atoms with Gasteiger partial charge in [0, 0.05) is 20.8 Å². The number of carbonyl (C=O) groups excluding carboxylic acids is 3. The summed E-state index contributed by atoms with van der Waals surface area (Å²) < 4.78 is 0. The third-order valence-electron chi connectivity index (χ3n) is 0.945. The van der Waals surface area contributed by atoms with Crippen molar-refractivity contribution in [3.63, 3.8) is 0 Å². The van der Waals surface area contributed by atoms with Gasteiger partial charge in [-0.05, 0) is 0 Å². The van der Waals surface area contributed by atoms with Crippen LogP contribution in [-0.4, -0.2) is 22.6 Å². The van der Waals surface area contributed by atoms with Crippen molar-refractivity contribution in [3.8, 4) is 0 Å². The van der Waals surface area contributed by atoms with E-state index in [2.05, 4.69) is 0 Å². The van der Waals surface area contributed by atoms with Crippen LogP contribution < -0.4 is 0 Å². The first-order chi connectivity index (χ1) is 4.46. The van der Waals surface area contributed by atoms with E-state index in [0.717, 1.165) is 0 Å². The molecular formula is C6H9NO3. The lowest BCUT2D eigenvalue weighted by Gasteiger charge is -2.10. The summed E-state index contributed by atoms with van der Waals surface area (Å²) in [7, 11) is 0. The van der Waals surface area contributed by atoms with E-state index in [9.17, 15) is 14.4 Å². The highest BCUT2D eigenvalue weighted by Gasteiger charge is 2.17. The first-order valence-electron chi connectivity index (χ1n) is 2.78. The standard InChI is InChI=1S/C6H9NO3/c1-4(8)7(5(2)9)6(3)10/h1-3H3. The topological polar surface area (TPSA) is 54.5 Å². The summed E-state index contributed by atoms with van der Waals surface area (Å²) in [5.41, 5.74) is 0. The summed E-state index contributed by atoms with van der Waals surface area (Å²) in [6, 6.07) is 0. The van der Waals surface area contributed by atoms with Gasteiger partial charge in [-0.15, -0.1) is 0 Å². The second-order valence-electron chi connectivity index (χ2n) is 1.89. The van der Waals surface area contributed by atoms with Crippen molar-refractivity contribution in [2.75, 3.05) is 0 Å². The molecule has 10 heavy (non-hydrogen) atoms. The third kappa shape index (κ3) is 1.97. The SMILES string of the molecule is CC(=O)N(C(C)=O)C(C)=O. The van der Waals surface area contributed by atoms with Gasteiger partial charge >= 0.3 is 0 Å². The van der Waals surface area contributed by atoms with Gasteiger partial charge in [0.25, 0.3) is 0 Å². The van der Waals surface area contributed by atoms with Gasteiger partial charge in [0.15, 0.2) is 0 Å². The Kier molecular flexibility index (Phi) is 2.73. The van der Waals surface area contributed by atoms with E-state index in [1.807, 2.05) is 0 Å². The van der Waals surface area contributed by atoms with Gasteiger partial charge in [-0.2, -0.15) is 0 Å². The fourth-order valence-corrected chi connectivity index (χ4v) is 0.665. The highest BCUT2D eigenvalue weighted by atomic mass is 16.2. The Labute approximate surface area is 58.8 Å². The van der Waals surface area contributed by atoms with Crippen molar-refractivity contribution in [1.29, 1.82) is 0 Å². The number of carbonyl (C=O) groups is 3. The van der Waals surface area contributed by atoms with E-state index in [1.165, 1.54) is 20.8 Å². The monoisotopic (exact) mass is 143 g/mol. The third-order valence-corrected chi connectivity index (χ3v) is 0.945. The van der Waals surface area contributed by atoms with Crippen LogP contribution in [0.2, 0.25) is 0 Å². The number of imide groups is 3. The van der Waals surface area contributed by atoms with Crippen molar-refractivity contribution >= 4 is 17.7 Å². The number of rotatable bonds is 0. The molecule has 0 aliphatic heterocycles. The predicted octanol–water partition coefficient (Wildman–Crippen LogP) is -0.0721. The number of hydrogen-bond donors (Lipinski definition) is 0. The molecule has 0 fully saturated rings. The zero-order valence-corrected chi connectivity index (χ0v) is 6.17. The fraction of sp³-hybridized carbons (Fsp3) is 0.500. The lowest BCUT2D eigenvalue weighted by molar-refractivity contribution is -0.150. The minimum Gasteiger partial charge on any atom is -0.274 e. The van der Waals surface area contributed by atoms with Crippen LogP contribution in [0.25, 0.3) is 0 Å². The Bertz CT molecular complexity index is 152. The molecule has 0 aromatic heterocycles. The summed E-state index contributed by atoms with van der Waals surface area (Å²) in [5.74, 6) is -1.62. The molecule has 0 aliphatic carbocycles. The van der Waals surface area contributed by atoms with Crippen molar-refractivity contribution in [2.24, 2.45) is 0 Å². The van der Waals surface area contributed by atoms with Gasteiger partial charge in [-0.1, -0.05) is 0 Å². The second-order valence-corrected chi connectivity index (χ2v) is 1.89. The molecule has 0 spiro atoms. The zero-order chi connectivity index (χ0) is 8.31. The first kappa shape index (κ1) is 8.81. The predicted molar refractivity (Wildman–Crippen MR) is 33.9 cm³/mol. The van der Waals surface area contributed by atoms with Crippen LogP contribution in [0, 0.1) is 0 Å². The maximum atomic E-state index is 10.5. The van der Waals surface area contributed by atoms with Crippen LogP contribution in [0.1, 0.15) is 20.8 Å². The van der Waals surface area contributed by atoms with E-state index < -0.39 is 17.7 Å². The second kappa shape index (κ2) is 3.10. The maximum Gasteiger partial charge on any atom is 0.232 e. The Morgan fingerprint density at radius 2 is 1.00 bits per heavy atom. The lowest BCUT2D eigenvalue weighted by Crippen LogP contribution is -2.37. The van der Waals surface area contributed by atoms with E-state index >= 15 is 0 Å². The molecular weight excluding hydrogens is 134 g/mol. The van der Waals surface area contributed by atoms with Crippen LogP contribution in [0.15, 0.2) is 0 Å². The number of nitrogens with zero attached hydrogens (tertiary/aromatic N) is 1. The Morgan fingerprint density at radius 1 is 0.800 bits per heavy atom. The van der Waals surface area contributed by atoms with Crippen LogP contribution in [-0.2, 0) is 14.4 Å². The summed E-state index contributed by atoms with van der Waals surface area (Å²) >= 11 is 0. The van der Waals surface area contributed by atoms with Crippen molar-refractivity contribution in [2.45, 2.75) is 20.8 Å². The molecule has 0 saturated heterocycles. The van der Waals surface area contributed by atoms with Crippen LogP contribution in [0.5, 0.6) is 0 Å². The van der Waals surface area contributed by atoms with Crippen LogP contribution in [0.4, 0.5) is 0 Å². The Hall–Kier alpha value is -1.19. The van der Waals surface area contributed by atoms with Gasteiger partial charge in [-0.3, -0.25) is 14.4 Å². The summed E-state index contributed by atoms with van der Waals surface area (Å²) in [6.07, 6.45) is 0. The smallest absolute Gasteiger partial charge is 0.232 e. The molecule has 56 valence electrons. The fourth-order valence-electron chi connectivity index (χ4n) is 0.665. The molecule has 0 aromatic rings. The molecule has 0 N–H and O–H groups in total. The highest BCUT2D eigenvalue weighted by molar-refractivity contribution is 6.08. The molecule has 0 radical (unpaired) electrons. The maximum absolute atomic E-state index is 10.5. The molecule has 0 heterocycles. The summed E-state index contributed by atoms with van der Waals surface area (Å²) in [6.45, 7) is 3.51. The molecule has 0 aliphatic rings. The van der Waals surface area contributed by atoms with Gasteiger partial charge in [0.1, 0.15) is 0 Å². The van der Waals surface area contributed by atoms with E-state index in [1.54, 1.807) is 0 Å². The largest absolute Gasteiger partial charge is 0.274 e. The quantitative estimate of drug-likeness (QED) is 0.477. The van der Waals surface area contributed by atoms with E-state index in [4.69, 9.17) is 0 Å². The number of hydrogen-bond acceptors (Lipinski definition) is 3. The molecule has 0 aromatic carbocycles. The highest BCUT2D eigenvalue weighted by Crippen LogP contribution is 1.90. The molecule has 0 unspecified atom stereocenters. The average Bonchev–Trinajstić information content (AvgIpc) is 1.59. The molecule has 3 amide bonds. The number of amides is 3. The summed E-state index contributed by atoms with van der Waals surface area (Å²) in [4.78, 5) is 32.1. The molecule has 0 atom stereocenters. The minimum atomic E-state index is -0.542. The molecule has 0 bridgehead atoms. The van der Waals surface area contributed by atoms with Crippen LogP contribution >= 0.6 is 0 Å². The van der Waals surface area contributed by atoms with Crippen LogP contribution in [0.3, 0.4) is 0 Å². The van der Waals surface area contributed by atoms with Gasteiger partial charge in [0.2, 0.25) is 17.7 Å². The van der Waals surface area contributed by atoms with Gasteiger partial charge in [-0.25, -0.2) is 4.90 Å². The van der Waals surface area contributed by atoms with E-state index in [0.29, 0.717) is 4.90 Å². The average molecular weight is 143 g/mol. The zero-order valence-electron chi connectivity index (χ0n) is 6.17. The Morgan fingerprint density at radius 3 is 1.00 bits per heavy atom. The van der Waals surface area contributed by atoms with Crippen molar-refractivity contribution in [1.82, 2.24) is 4.90 Å². The lowest BCUT2D eigenvalue weighted by atomic mass is 10.4. The first-order valence-corrected chi connectivity index (χ1v) is 2.78. The minimum absolute atomic E-state index is 0.542. The molecule has 4 nitrogen and oxygen atoms in total. The normalized spacial score (nSPS) is 8.70. The molecule has 0 saturated carbocycles. The Balaban J connectivity index is 4.43. The molecule has 0 rings (SSSR count). The van der Waals surface area contributed by atoms with Gasteiger partial charge in [0.05, 0.1) is 0 Å². The summed E-state index contributed by atoms with van der Waals surface area (Å²) in [5, 5.41) is 0. The van der Waals surface area contributed by atoms with Gasteiger partial charge < -0.3 is 0 Å². The molecule has 4 heteroatoms. The van der Waals surface area contributed by atoms with E-state index in [-0.39, 0.29) is 0 Å². The van der Waals surface area contributed by atoms with Crippen molar-refractivity contribution in [3.05, 3.63) is 0 Å².